The molecule has 0 heterocycles. The van der Waals surface area contributed by atoms with Crippen LogP contribution in [-0.2, 0) is 23.9 Å². The number of carbonyl (C=O) groups is 3. The second-order valence-corrected chi connectivity index (χ2v) is 5.30. The molecule has 0 fully saturated rings. The average Bonchev–Trinajstić information content (AvgIpc) is 2.51. The van der Waals surface area contributed by atoms with E-state index in [1.807, 2.05) is 0 Å². The van der Waals surface area contributed by atoms with Crippen LogP contribution < -0.4 is 0 Å². The summed E-state index contributed by atoms with van der Waals surface area (Å²) in [6, 6.07) is 0. The fraction of sp³-hybridized carbons (Fsp3) is 0.588. The van der Waals surface area contributed by atoms with Crippen molar-refractivity contribution in [1.82, 2.24) is 0 Å². The van der Waals surface area contributed by atoms with Gasteiger partial charge in [0.05, 0.1) is 0 Å². The standard InChI is InChI=1S/C17H22O6/c1-4-6-8-10-14(18)22-12-17(3,16(20)21)13-23-15(19)11-9-7-5-2/h1-2H,6-13H2,3H3,(H,20,21). The molecule has 6 nitrogen and oxygen atoms in total. The molecule has 0 aromatic rings. The van der Waals surface area contributed by atoms with Gasteiger partial charge in [-0.1, -0.05) is 0 Å². The van der Waals surface area contributed by atoms with Crippen molar-refractivity contribution in [2.75, 3.05) is 13.2 Å². The largest absolute Gasteiger partial charge is 0.481 e. The van der Waals surface area contributed by atoms with Crippen LogP contribution >= 0.6 is 0 Å². The van der Waals surface area contributed by atoms with Crippen molar-refractivity contribution < 1.29 is 29.0 Å². The highest BCUT2D eigenvalue weighted by Gasteiger charge is 2.36. The van der Waals surface area contributed by atoms with Gasteiger partial charge in [0.1, 0.15) is 18.6 Å². The molecule has 0 spiro atoms. The first-order chi connectivity index (χ1) is 10.9. The number of hydrogen-bond acceptors (Lipinski definition) is 5. The van der Waals surface area contributed by atoms with Crippen LogP contribution in [0.15, 0.2) is 0 Å². The van der Waals surface area contributed by atoms with E-state index in [9.17, 15) is 19.5 Å². The molecule has 1 N–H and O–H groups in total. The highest BCUT2D eigenvalue weighted by atomic mass is 16.6. The fourth-order valence-electron chi connectivity index (χ4n) is 1.46. The molecule has 0 aliphatic carbocycles. The Morgan fingerprint density at radius 3 is 1.65 bits per heavy atom. The molecule has 0 aliphatic rings. The Labute approximate surface area is 136 Å². The van der Waals surface area contributed by atoms with Gasteiger partial charge in [-0.2, -0.15) is 0 Å². The van der Waals surface area contributed by atoms with Crippen LogP contribution in [0.5, 0.6) is 0 Å². The third kappa shape index (κ3) is 9.21. The van der Waals surface area contributed by atoms with Gasteiger partial charge < -0.3 is 14.6 Å². The van der Waals surface area contributed by atoms with Crippen LogP contribution in [0.4, 0.5) is 0 Å². The molecule has 0 saturated heterocycles. The van der Waals surface area contributed by atoms with Crippen molar-refractivity contribution in [3.05, 3.63) is 0 Å². The van der Waals surface area contributed by atoms with Crippen LogP contribution in [0.2, 0.25) is 0 Å². The van der Waals surface area contributed by atoms with Gasteiger partial charge in [-0.05, 0) is 19.8 Å². The lowest BCUT2D eigenvalue weighted by molar-refractivity contribution is -0.165. The molecule has 0 unspecified atom stereocenters. The number of carbonyl (C=O) groups excluding carboxylic acids is 2. The van der Waals surface area contributed by atoms with E-state index in [2.05, 4.69) is 11.8 Å². The van der Waals surface area contributed by atoms with Crippen molar-refractivity contribution >= 4 is 17.9 Å². The van der Waals surface area contributed by atoms with E-state index in [-0.39, 0.29) is 26.1 Å². The first-order valence-corrected chi connectivity index (χ1v) is 7.27. The van der Waals surface area contributed by atoms with E-state index in [1.54, 1.807) is 0 Å². The Hall–Kier alpha value is -2.47. The van der Waals surface area contributed by atoms with Crippen LogP contribution in [0.1, 0.15) is 45.4 Å². The van der Waals surface area contributed by atoms with Gasteiger partial charge in [-0.15, -0.1) is 24.7 Å². The average molecular weight is 322 g/mol. The summed E-state index contributed by atoms with van der Waals surface area (Å²) in [6.45, 7) is 0.586. The molecule has 0 amide bonds. The summed E-state index contributed by atoms with van der Waals surface area (Å²) in [6.07, 6.45) is 12.2. The summed E-state index contributed by atoms with van der Waals surface area (Å²) in [5.41, 5.74) is -1.50. The number of carboxylic acids is 1. The molecule has 0 radical (unpaired) electrons. The van der Waals surface area contributed by atoms with Gasteiger partial charge in [0.15, 0.2) is 0 Å². The highest BCUT2D eigenvalue weighted by molar-refractivity contribution is 5.76. The van der Waals surface area contributed by atoms with Crippen molar-refractivity contribution in [2.45, 2.75) is 45.4 Å². The zero-order chi connectivity index (χ0) is 17.7. The Balaban J connectivity index is 4.32. The van der Waals surface area contributed by atoms with Gasteiger partial charge >= 0.3 is 17.9 Å². The van der Waals surface area contributed by atoms with E-state index in [0.29, 0.717) is 25.7 Å². The first-order valence-electron chi connectivity index (χ1n) is 7.27. The smallest absolute Gasteiger partial charge is 0.316 e. The third-order valence-electron chi connectivity index (χ3n) is 3.02. The predicted molar refractivity (Wildman–Crippen MR) is 83.0 cm³/mol. The normalized spacial score (nSPS) is 10.2. The first kappa shape index (κ1) is 20.5. The molecular weight excluding hydrogens is 300 g/mol. The van der Waals surface area contributed by atoms with Crippen LogP contribution in [0, 0.1) is 30.1 Å². The Morgan fingerprint density at radius 1 is 0.957 bits per heavy atom. The summed E-state index contributed by atoms with van der Waals surface area (Å²) in [4.78, 5) is 34.3. The maximum absolute atomic E-state index is 11.5. The zero-order valence-electron chi connectivity index (χ0n) is 13.3. The van der Waals surface area contributed by atoms with E-state index >= 15 is 0 Å². The van der Waals surface area contributed by atoms with Gasteiger partial charge in [0.25, 0.3) is 0 Å². The molecule has 0 saturated carbocycles. The van der Waals surface area contributed by atoms with Crippen LogP contribution in [-0.4, -0.2) is 36.2 Å². The minimum atomic E-state index is -1.50. The number of carboxylic acid groups (broad SMARTS) is 1. The maximum atomic E-state index is 11.5. The monoisotopic (exact) mass is 322 g/mol. The summed E-state index contributed by atoms with van der Waals surface area (Å²) in [7, 11) is 0. The molecule has 0 aliphatic heterocycles. The number of unbranched alkanes of at least 4 members (excludes halogenated alkanes) is 2. The molecule has 0 aromatic heterocycles. The Morgan fingerprint density at radius 2 is 1.35 bits per heavy atom. The van der Waals surface area contributed by atoms with Crippen molar-refractivity contribution in [3.63, 3.8) is 0 Å². The van der Waals surface area contributed by atoms with E-state index in [4.69, 9.17) is 22.3 Å². The van der Waals surface area contributed by atoms with E-state index in [1.165, 1.54) is 6.92 Å². The number of rotatable bonds is 11. The summed E-state index contributed by atoms with van der Waals surface area (Å²) >= 11 is 0. The number of aliphatic carboxylic acids is 1. The molecule has 126 valence electrons. The van der Waals surface area contributed by atoms with Crippen molar-refractivity contribution in [1.29, 1.82) is 0 Å². The third-order valence-corrected chi connectivity index (χ3v) is 3.02. The van der Waals surface area contributed by atoms with Gasteiger partial charge in [-0.25, -0.2) is 0 Å². The zero-order valence-corrected chi connectivity index (χ0v) is 13.3. The van der Waals surface area contributed by atoms with Gasteiger partial charge in [0, 0.05) is 25.7 Å². The van der Waals surface area contributed by atoms with E-state index < -0.39 is 23.3 Å². The topological polar surface area (TPSA) is 89.9 Å². The minimum Gasteiger partial charge on any atom is -0.481 e. The summed E-state index contributed by atoms with van der Waals surface area (Å²) < 4.78 is 9.88. The van der Waals surface area contributed by atoms with Gasteiger partial charge in [-0.3, -0.25) is 14.4 Å². The molecule has 23 heavy (non-hydrogen) atoms. The number of hydrogen-bond donors (Lipinski definition) is 1. The second kappa shape index (κ2) is 11.1. The summed E-state index contributed by atoms with van der Waals surface area (Å²) in [5, 5.41) is 9.25. The highest BCUT2D eigenvalue weighted by Crippen LogP contribution is 2.19. The fourth-order valence-corrected chi connectivity index (χ4v) is 1.46. The molecule has 0 atom stereocenters. The molecule has 0 aromatic carbocycles. The lowest BCUT2D eigenvalue weighted by Crippen LogP contribution is -2.39. The number of ether oxygens (including phenoxy) is 2. The maximum Gasteiger partial charge on any atom is 0.316 e. The second-order valence-electron chi connectivity index (χ2n) is 5.30. The quantitative estimate of drug-likeness (QED) is 0.354. The van der Waals surface area contributed by atoms with Gasteiger partial charge in [0.2, 0.25) is 0 Å². The Bertz CT molecular complexity index is 458. The SMILES string of the molecule is C#CCCCC(=O)OCC(C)(COC(=O)CCCC#C)C(=O)O. The van der Waals surface area contributed by atoms with Crippen LogP contribution in [0.25, 0.3) is 0 Å². The van der Waals surface area contributed by atoms with Crippen molar-refractivity contribution in [2.24, 2.45) is 5.41 Å². The number of esters is 2. The lowest BCUT2D eigenvalue weighted by Gasteiger charge is -2.23. The predicted octanol–water partition coefficient (Wildman–Crippen LogP) is 1.77. The van der Waals surface area contributed by atoms with Crippen molar-refractivity contribution in [3.8, 4) is 24.7 Å². The molecule has 0 rings (SSSR count). The van der Waals surface area contributed by atoms with Crippen LogP contribution in [0.3, 0.4) is 0 Å². The van der Waals surface area contributed by atoms with E-state index in [0.717, 1.165) is 0 Å². The molecule has 0 bridgehead atoms. The molecular formula is C17H22O6. The Kier molecular flexibility index (Phi) is 9.95. The lowest BCUT2D eigenvalue weighted by atomic mass is 9.93. The summed E-state index contributed by atoms with van der Waals surface area (Å²) in [5.74, 6) is 2.51. The minimum absolute atomic E-state index is 0.117. The number of terminal acetylenes is 2. The molecule has 6 heteroatoms.